The summed E-state index contributed by atoms with van der Waals surface area (Å²) in [5.74, 6) is 1.62. The molecule has 0 aliphatic carbocycles. The Kier molecular flexibility index (Phi) is 7.53. The summed E-state index contributed by atoms with van der Waals surface area (Å²) in [6, 6.07) is 13.2. The van der Waals surface area contributed by atoms with Gasteiger partial charge in [0.05, 0.1) is 14.2 Å². The molecule has 0 radical (unpaired) electrons. The molecule has 0 bridgehead atoms. The van der Waals surface area contributed by atoms with Crippen molar-refractivity contribution in [3.05, 3.63) is 58.7 Å². The fraction of sp³-hybridized carbons (Fsp3) is 0.500. The van der Waals surface area contributed by atoms with Gasteiger partial charge in [-0.3, -0.25) is 9.80 Å². The number of ether oxygens (including phenoxy) is 2. The number of aryl methyl sites for hydroxylation is 2. The van der Waals surface area contributed by atoms with Crippen molar-refractivity contribution in [2.24, 2.45) is 0 Å². The molecule has 2 aromatic rings. The third kappa shape index (κ3) is 5.95. The van der Waals surface area contributed by atoms with Crippen LogP contribution in [0.5, 0.6) is 11.5 Å². The lowest BCUT2D eigenvalue weighted by Crippen LogP contribution is -2.52. The van der Waals surface area contributed by atoms with Crippen LogP contribution >= 0.6 is 0 Å². The van der Waals surface area contributed by atoms with E-state index >= 15 is 0 Å². The summed E-state index contributed by atoms with van der Waals surface area (Å²) < 4.78 is 10.8. The standard InChI is InChI=1S/C24H34N2O3/c1-18-9-19(2)11-20(10-18)15-25-6-7-26(22(17-25)5-8-27)16-21-12-23(28-3)14-24(13-21)29-4/h9-14,22,27H,5-8,15-17H2,1-4H3. The highest BCUT2D eigenvalue weighted by Gasteiger charge is 2.27. The predicted molar refractivity (Wildman–Crippen MR) is 117 cm³/mol. The molecule has 1 unspecified atom stereocenters. The zero-order valence-corrected chi connectivity index (χ0v) is 18.1. The lowest BCUT2D eigenvalue weighted by Gasteiger charge is -2.41. The van der Waals surface area contributed by atoms with Gasteiger partial charge in [0.25, 0.3) is 0 Å². The zero-order chi connectivity index (χ0) is 20.8. The molecule has 0 aromatic heterocycles. The smallest absolute Gasteiger partial charge is 0.122 e. The van der Waals surface area contributed by atoms with Crippen LogP contribution in [0.3, 0.4) is 0 Å². The third-order valence-corrected chi connectivity index (χ3v) is 5.64. The first-order chi connectivity index (χ1) is 14.0. The maximum atomic E-state index is 9.63. The van der Waals surface area contributed by atoms with Crippen LogP contribution in [0, 0.1) is 13.8 Å². The Bertz CT molecular complexity index is 766. The first-order valence-electron chi connectivity index (χ1n) is 10.4. The molecule has 29 heavy (non-hydrogen) atoms. The van der Waals surface area contributed by atoms with Crippen molar-refractivity contribution < 1.29 is 14.6 Å². The van der Waals surface area contributed by atoms with E-state index in [4.69, 9.17) is 9.47 Å². The molecule has 2 aromatic carbocycles. The van der Waals surface area contributed by atoms with Gasteiger partial charge >= 0.3 is 0 Å². The van der Waals surface area contributed by atoms with Crippen LogP contribution in [0.25, 0.3) is 0 Å². The Hall–Kier alpha value is -2.08. The zero-order valence-electron chi connectivity index (χ0n) is 18.1. The van der Waals surface area contributed by atoms with E-state index in [2.05, 4.69) is 54.0 Å². The Morgan fingerprint density at radius 1 is 0.862 bits per heavy atom. The minimum absolute atomic E-state index is 0.208. The van der Waals surface area contributed by atoms with Crippen molar-refractivity contribution in [1.29, 1.82) is 0 Å². The van der Waals surface area contributed by atoms with Crippen LogP contribution in [-0.4, -0.2) is 61.4 Å². The van der Waals surface area contributed by atoms with E-state index in [0.29, 0.717) is 6.04 Å². The first-order valence-corrected chi connectivity index (χ1v) is 10.4. The van der Waals surface area contributed by atoms with Gasteiger partial charge in [0, 0.05) is 51.4 Å². The summed E-state index contributed by atoms with van der Waals surface area (Å²) in [4.78, 5) is 4.99. The first kappa shape index (κ1) is 21.6. The lowest BCUT2D eigenvalue weighted by molar-refractivity contribution is 0.0499. The van der Waals surface area contributed by atoms with E-state index in [0.717, 1.165) is 50.6 Å². The normalized spacial score (nSPS) is 18.0. The van der Waals surface area contributed by atoms with Gasteiger partial charge in [-0.05, 0) is 43.5 Å². The van der Waals surface area contributed by atoms with E-state index in [9.17, 15) is 5.11 Å². The number of hydrogen-bond donors (Lipinski definition) is 1. The fourth-order valence-corrected chi connectivity index (χ4v) is 4.34. The molecule has 5 heteroatoms. The molecule has 1 saturated heterocycles. The molecule has 1 heterocycles. The summed E-state index contributed by atoms with van der Waals surface area (Å²) in [5.41, 5.74) is 5.18. The van der Waals surface area contributed by atoms with Gasteiger partial charge in [-0.2, -0.15) is 0 Å². The Balaban J connectivity index is 1.69. The molecule has 5 nitrogen and oxygen atoms in total. The van der Waals surface area contributed by atoms with Crippen LogP contribution < -0.4 is 9.47 Å². The molecule has 0 saturated carbocycles. The maximum Gasteiger partial charge on any atom is 0.122 e. The Morgan fingerprint density at radius 2 is 1.48 bits per heavy atom. The maximum absolute atomic E-state index is 9.63. The van der Waals surface area contributed by atoms with Crippen molar-refractivity contribution in [3.8, 4) is 11.5 Å². The van der Waals surface area contributed by atoms with Crippen LogP contribution in [0.2, 0.25) is 0 Å². The molecule has 1 aliphatic heterocycles. The van der Waals surface area contributed by atoms with Crippen LogP contribution in [0.15, 0.2) is 36.4 Å². The van der Waals surface area contributed by atoms with E-state index in [1.807, 2.05) is 6.07 Å². The summed E-state index contributed by atoms with van der Waals surface area (Å²) in [6.07, 6.45) is 0.782. The number of aliphatic hydroxyl groups excluding tert-OH is 1. The average Bonchev–Trinajstić information content (AvgIpc) is 2.69. The van der Waals surface area contributed by atoms with E-state index < -0.39 is 0 Å². The second-order valence-corrected chi connectivity index (χ2v) is 8.09. The Morgan fingerprint density at radius 3 is 2.07 bits per heavy atom. The molecule has 158 valence electrons. The Labute approximate surface area is 174 Å². The lowest BCUT2D eigenvalue weighted by atomic mass is 10.0. The second-order valence-electron chi connectivity index (χ2n) is 8.09. The highest BCUT2D eigenvalue weighted by atomic mass is 16.5. The number of rotatable bonds is 8. The minimum Gasteiger partial charge on any atom is -0.497 e. The van der Waals surface area contributed by atoms with Gasteiger partial charge in [0.15, 0.2) is 0 Å². The molecule has 1 aliphatic rings. The van der Waals surface area contributed by atoms with Gasteiger partial charge < -0.3 is 14.6 Å². The summed E-state index contributed by atoms with van der Waals surface area (Å²) >= 11 is 0. The second kappa shape index (κ2) is 10.1. The third-order valence-electron chi connectivity index (χ3n) is 5.64. The van der Waals surface area contributed by atoms with Crippen molar-refractivity contribution in [2.45, 2.75) is 39.4 Å². The van der Waals surface area contributed by atoms with Crippen molar-refractivity contribution in [1.82, 2.24) is 9.80 Å². The SMILES string of the molecule is COc1cc(CN2CCN(Cc3cc(C)cc(C)c3)CC2CCO)cc(OC)c1. The topological polar surface area (TPSA) is 45.2 Å². The monoisotopic (exact) mass is 398 g/mol. The minimum atomic E-state index is 0.208. The number of methoxy groups -OCH3 is 2. The van der Waals surface area contributed by atoms with Crippen LogP contribution in [-0.2, 0) is 13.1 Å². The van der Waals surface area contributed by atoms with E-state index in [1.54, 1.807) is 14.2 Å². The molecule has 1 N–H and O–H groups in total. The highest BCUT2D eigenvalue weighted by molar-refractivity contribution is 5.38. The van der Waals surface area contributed by atoms with Crippen molar-refractivity contribution >= 4 is 0 Å². The van der Waals surface area contributed by atoms with E-state index in [1.165, 1.54) is 22.3 Å². The molecule has 3 rings (SSSR count). The highest BCUT2D eigenvalue weighted by Crippen LogP contribution is 2.25. The number of piperazine rings is 1. The predicted octanol–water partition coefficient (Wildman–Crippen LogP) is 3.39. The number of aliphatic hydroxyl groups is 1. The molecular formula is C24H34N2O3. The average molecular weight is 399 g/mol. The van der Waals surface area contributed by atoms with Crippen molar-refractivity contribution in [2.75, 3.05) is 40.5 Å². The number of hydrogen-bond acceptors (Lipinski definition) is 5. The van der Waals surface area contributed by atoms with Gasteiger partial charge in [-0.1, -0.05) is 29.3 Å². The van der Waals surface area contributed by atoms with Gasteiger partial charge in [-0.15, -0.1) is 0 Å². The summed E-state index contributed by atoms with van der Waals surface area (Å²) in [5, 5.41) is 9.63. The quantitative estimate of drug-likeness (QED) is 0.739. The molecule has 1 atom stereocenters. The van der Waals surface area contributed by atoms with Gasteiger partial charge in [0.2, 0.25) is 0 Å². The summed E-state index contributed by atoms with van der Waals surface area (Å²) in [7, 11) is 3.36. The molecule has 1 fully saturated rings. The van der Waals surface area contributed by atoms with Crippen molar-refractivity contribution in [3.63, 3.8) is 0 Å². The molecular weight excluding hydrogens is 364 g/mol. The summed E-state index contributed by atoms with van der Waals surface area (Å²) in [6.45, 7) is 9.29. The number of benzene rings is 2. The fourth-order valence-electron chi connectivity index (χ4n) is 4.34. The van der Waals surface area contributed by atoms with E-state index in [-0.39, 0.29) is 6.61 Å². The van der Waals surface area contributed by atoms with Crippen LogP contribution in [0.1, 0.15) is 28.7 Å². The van der Waals surface area contributed by atoms with Crippen LogP contribution in [0.4, 0.5) is 0 Å². The van der Waals surface area contributed by atoms with Gasteiger partial charge in [-0.25, -0.2) is 0 Å². The molecule has 0 amide bonds. The van der Waals surface area contributed by atoms with Gasteiger partial charge in [0.1, 0.15) is 11.5 Å². The largest absolute Gasteiger partial charge is 0.497 e. The number of nitrogens with zero attached hydrogens (tertiary/aromatic N) is 2. The molecule has 0 spiro atoms.